The summed E-state index contributed by atoms with van der Waals surface area (Å²) in [6.45, 7) is 4.65. The number of hydrogen-bond acceptors (Lipinski definition) is 4. The van der Waals surface area contributed by atoms with Crippen molar-refractivity contribution in [3.05, 3.63) is 116 Å². The largest absolute Gasteiger partial charge is 0.489 e. The SMILES string of the molecule is Cc1cc(/C=C2/SC(=Nc3ccc(Br)c(Cl)c3)N(C)C2=O)c(C)n1-c1ccc(OCc2ccccc2)cc1. The Kier molecular flexibility index (Phi) is 7.79. The third-order valence-corrected chi connectivity index (χ3v) is 8.52. The lowest BCUT2D eigenvalue weighted by molar-refractivity contribution is -0.121. The van der Waals surface area contributed by atoms with Crippen LogP contribution in [0.2, 0.25) is 5.02 Å². The molecule has 1 aliphatic heterocycles. The van der Waals surface area contributed by atoms with Crippen LogP contribution < -0.4 is 4.74 Å². The topological polar surface area (TPSA) is 46.8 Å². The number of amidine groups is 1. The van der Waals surface area contributed by atoms with Crippen molar-refractivity contribution in [1.29, 1.82) is 0 Å². The van der Waals surface area contributed by atoms with Gasteiger partial charge in [0.25, 0.3) is 5.91 Å². The van der Waals surface area contributed by atoms with Crippen LogP contribution in [-0.4, -0.2) is 27.6 Å². The average molecular weight is 607 g/mol. The smallest absolute Gasteiger partial charge is 0.266 e. The van der Waals surface area contributed by atoms with Gasteiger partial charge in [-0.25, -0.2) is 4.99 Å². The summed E-state index contributed by atoms with van der Waals surface area (Å²) in [6.07, 6.45) is 1.94. The predicted molar refractivity (Wildman–Crippen MR) is 161 cm³/mol. The maximum absolute atomic E-state index is 13.0. The van der Waals surface area contributed by atoms with E-state index in [2.05, 4.69) is 57.5 Å². The van der Waals surface area contributed by atoms with E-state index < -0.39 is 0 Å². The van der Waals surface area contributed by atoms with Crippen LogP contribution in [0.15, 0.2) is 93.2 Å². The molecule has 1 aromatic heterocycles. The molecule has 0 radical (unpaired) electrons. The van der Waals surface area contributed by atoms with Gasteiger partial charge in [0.2, 0.25) is 0 Å². The summed E-state index contributed by atoms with van der Waals surface area (Å²) in [4.78, 5) is 19.8. The van der Waals surface area contributed by atoms with Crippen LogP contribution in [0.1, 0.15) is 22.5 Å². The second-order valence-corrected chi connectivity index (χ2v) is 11.2. The number of ether oxygens (including phenoxy) is 1. The molecule has 192 valence electrons. The molecule has 5 nitrogen and oxygen atoms in total. The fourth-order valence-corrected chi connectivity index (χ4v) is 5.62. The summed E-state index contributed by atoms with van der Waals surface area (Å²) in [6, 6.07) is 25.7. The molecular weight excluding hydrogens is 582 g/mol. The minimum Gasteiger partial charge on any atom is -0.489 e. The quantitative estimate of drug-likeness (QED) is 0.207. The Morgan fingerprint density at radius 2 is 1.76 bits per heavy atom. The second-order valence-electron chi connectivity index (χ2n) is 8.90. The third-order valence-electron chi connectivity index (χ3n) is 6.23. The van der Waals surface area contributed by atoms with Crippen molar-refractivity contribution in [1.82, 2.24) is 9.47 Å². The van der Waals surface area contributed by atoms with E-state index in [0.717, 1.165) is 38.4 Å². The van der Waals surface area contributed by atoms with Crippen LogP contribution in [0.4, 0.5) is 5.69 Å². The molecule has 3 aromatic carbocycles. The van der Waals surface area contributed by atoms with Gasteiger partial charge in [-0.3, -0.25) is 9.69 Å². The van der Waals surface area contributed by atoms with E-state index in [4.69, 9.17) is 16.3 Å². The van der Waals surface area contributed by atoms with Crippen LogP contribution in [0, 0.1) is 13.8 Å². The van der Waals surface area contributed by atoms with Crippen molar-refractivity contribution < 1.29 is 9.53 Å². The highest BCUT2D eigenvalue weighted by atomic mass is 79.9. The maximum atomic E-state index is 13.0. The van der Waals surface area contributed by atoms with Crippen molar-refractivity contribution in [2.24, 2.45) is 4.99 Å². The number of nitrogens with zero attached hydrogens (tertiary/aromatic N) is 3. The number of hydrogen-bond donors (Lipinski definition) is 0. The Bertz CT molecular complexity index is 1560. The number of likely N-dealkylation sites (N-methyl/N-ethyl adjacent to an activating group) is 1. The number of aromatic nitrogens is 1. The zero-order valence-electron chi connectivity index (χ0n) is 21.1. The molecule has 0 bridgehead atoms. The van der Waals surface area contributed by atoms with Crippen molar-refractivity contribution >= 4 is 62.1 Å². The fourth-order valence-electron chi connectivity index (χ4n) is 4.22. The van der Waals surface area contributed by atoms with Crippen LogP contribution in [0.25, 0.3) is 11.8 Å². The summed E-state index contributed by atoms with van der Waals surface area (Å²) < 4.78 is 8.92. The molecule has 1 fully saturated rings. The van der Waals surface area contributed by atoms with E-state index >= 15 is 0 Å². The van der Waals surface area contributed by atoms with Crippen molar-refractivity contribution in [2.75, 3.05) is 7.05 Å². The Labute approximate surface area is 239 Å². The van der Waals surface area contributed by atoms with E-state index in [1.54, 1.807) is 18.0 Å². The van der Waals surface area contributed by atoms with Gasteiger partial charge in [0.1, 0.15) is 12.4 Å². The number of halogens is 2. The van der Waals surface area contributed by atoms with Gasteiger partial charge in [-0.15, -0.1) is 0 Å². The molecule has 0 spiro atoms. The molecule has 1 saturated heterocycles. The third kappa shape index (κ3) is 5.60. The first-order valence-corrected chi connectivity index (χ1v) is 14.0. The van der Waals surface area contributed by atoms with Gasteiger partial charge < -0.3 is 9.30 Å². The minimum atomic E-state index is -0.0818. The lowest BCUT2D eigenvalue weighted by atomic mass is 10.2. The molecule has 38 heavy (non-hydrogen) atoms. The average Bonchev–Trinajstić information content (AvgIpc) is 3.35. The zero-order chi connectivity index (χ0) is 26.8. The lowest BCUT2D eigenvalue weighted by Crippen LogP contribution is -2.23. The van der Waals surface area contributed by atoms with Crippen LogP contribution in [0.3, 0.4) is 0 Å². The van der Waals surface area contributed by atoms with Crippen molar-refractivity contribution in [2.45, 2.75) is 20.5 Å². The fraction of sp³-hybridized carbons (Fsp3) is 0.133. The molecule has 2 heterocycles. The van der Waals surface area contributed by atoms with E-state index in [-0.39, 0.29) is 5.91 Å². The molecule has 8 heteroatoms. The predicted octanol–water partition coefficient (Wildman–Crippen LogP) is 8.32. The Morgan fingerprint density at radius 3 is 2.47 bits per heavy atom. The van der Waals surface area contributed by atoms with E-state index in [1.807, 2.05) is 60.7 Å². The first-order valence-electron chi connectivity index (χ1n) is 12.0. The monoisotopic (exact) mass is 605 g/mol. The molecule has 1 amide bonds. The number of aliphatic imine (C=N–C) groups is 1. The molecule has 0 saturated carbocycles. The van der Waals surface area contributed by atoms with Gasteiger partial charge in [-0.05, 0) is 107 Å². The van der Waals surface area contributed by atoms with Gasteiger partial charge in [0, 0.05) is 28.6 Å². The molecule has 4 aromatic rings. The molecule has 5 rings (SSSR count). The molecule has 0 unspecified atom stereocenters. The zero-order valence-corrected chi connectivity index (χ0v) is 24.3. The second kappa shape index (κ2) is 11.2. The van der Waals surface area contributed by atoms with Crippen molar-refractivity contribution in [3.63, 3.8) is 0 Å². The number of thioether (sulfide) groups is 1. The van der Waals surface area contributed by atoms with Gasteiger partial charge in [0.15, 0.2) is 5.17 Å². The Hall–Kier alpha value is -3.26. The molecule has 0 atom stereocenters. The van der Waals surface area contributed by atoms with E-state index in [1.165, 1.54) is 11.8 Å². The normalized spacial score (nSPS) is 15.6. The Morgan fingerprint density at radius 1 is 1.03 bits per heavy atom. The number of carbonyl (C=O) groups is 1. The number of rotatable bonds is 6. The number of aryl methyl sites for hydroxylation is 1. The molecule has 0 aliphatic carbocycles. The summed E-state index contributed by atoms with van der Waals surface area (Å²) in [7, 11) is 1.74. The first-order chi connectivity index (χ1) is 18.3. The first kappa shape index (κ1) is 26.4. The van der Waals surface area contributed by atoms with E-state index in [9.17, 15) is 4.79 Å². The van der Waals surface area contributed by atoms with Crippen molar-refractivity contribution in [3.8, 4) is 11.4 Å². The molecule has 1 aliphatic rings. The van der Waals surface area contributed by atoms with Gasteiger partial charge in [-0.1, -0.05) is 41.9 Å². The standard InChI is InChI=1S/C30H25BrClN3O2S/c1-19-15-22(16-28-29(36)34(3)30(38-28)33-23-9-14-26(31)27(32)17-23)20(2)35(19)24-10-12-25(13-11-24)37-18-21-7-5-4-6-8-21/h4-17H,18H2,1-3H3/b28-16+,33-30?. The minimum absolute atomic E-state index is 0.0818. The summed E-state index contributed by atoms with van der Waals surface area (Å²) in [5.41, 5.74) is 5.97. The summed E-state index contributed by atoms with van der Waals surface area (Å²) in [5.74, 6) is 0.735. The summed E-state index contributed by atoms with van der Waals surface area (Å²) in [5, 5.41) is 1.18. The maximum Gasteiger partial charge on any atom is 0.266 e. The molecule has 0 N–H and O–H groups in total. The highest BCUT2D eigenvalue weighted by Crippen LogP contribution is 2.35. The van der Waals surface area contributed by atoms with Gasteiger partial charge in [0.05, 0.1) is 15.6 Å². The Balaban J connectivity index is 1.35. The lowest BCUT2D eigenvalue weighted by Gasteiger charge is -2.11. The van der Waals surface area contributed by atoms with E-state index in [0.29, 0.717) is 27.4 Å². The number of carbonyl (C=O) groups excluding carboxylic acids is 1. The van der Waals surface area contributed by atoms with Crippen LogP contribution >= 0.6 is 39.3 Å². The van der Waals surface area contributed by atoms with Crippen LogP contribution in [-0.2, 0) is 11.4 Å². The number of amides is 1. The molecular formula is C30H25BrClN3O2S. The number of benzene rings is 3. The van der Waals surface area contributed by atoms with Crippen LogP contribution in [0.5, 0.6) is 5.75 Å². The highest BCUT2D eigenvalue weighted by Gasteiger charge is 2.30. The van der Waals surface area contributed by atoms with Gasteiger partial charge in [-0.2, -0.15) is 0 Å². The van der Waals surface area contributed by atoms with Gasteiger partial charge >= 0.3 is 0 Å². The highest BCUT2D eigenvalue weighted by molar-refractivity contribution is 9.10. The summed E-state index contributed by atoms with van der Waals surface area (Å²) >= 11 is 11.0.